The van der Waals surface area contributed by atoms with Crippen LogP contribution in [-0.4, -0.2) is 17.5 Å². The summed E-state index contributed by atoms with van der Waals surface area (Å²) in [5.41, 5.74) is 0. The fraction of sp³-hybridized carbons (Fsp3) is 0. The molecule has 0 rings (SSSR count). The molecule has 0 amide bonds. The van der Waals surface area contributed by atoms with Crippen LogP contribution in [0.4, 0.5) is 0 Å². The summed E-state index contributed by atoms with van der Waals surface area (Å²) in [5, 5.41) is 0. The Kier molecular flexibility index (Phi) is 23.3. The molecule has 0 aliphatic heterocycles. The van der Waals surface area contributed by atoms with Gasteiger partial charge >= 0.3 is 40.0 Å². The molecule has 0 aromatic rings. The third-order valence-corrected chi connectivity index (χ3v) is 0. The second-order valence-corrected chi connectivity index (χ2v) is 1.34. The summed E-state index contributed by atoms with van der Waals surface area (Å²) in [5.74, 6) is 0. The summed E-state index contributed by atoms with van der Waals surface area (Å²) in [6.07, 6.45) is 0. The van der Waals surface area contributed by atoms with Crippen molar-refractivity contribution in [3.63, 3.8) is 0 Å². The van der Waals surface area contributed by atoms with Crippen molar-refractivity contribution in [1.82, 2.24) is 6.15 Å². The quantitative estimate of drug-likeness (QED) is 0.269. The van der Waals surface area contributed by atoms with E-state index in [1.807, 2.05) is 0 Å². The van der Waals surface area contributed by atoms with E-state index in [0.717, 1.165) is 0 Å². The molecule has 0 radical (unpaired) electrons. The summed E-state index contributed by atoms with van der Waals surface area (Å²) in [6, 6.07) is 0. The van der Waals surface area contributed by atoms with Gasteiger partial charge in [0.2, 0.25) is 0 Å². The largest absolute Gasteiger partial charge is 1.00 e. The molecule has 0 bridgehead atoms. The summed E-state index contributed by atoms with van der Waals surface area (Å²) in [7, 11) is -4.67. The molecule has 0 aromatic carbocycles. The molecule has 0 aliphatic rings. The van der Waals surface area contributed by atoms with Gasteiger partial charge in [0.25, 0.3) is 0 Å². The molecule has 0 saturated carbocycles. The summed E-state index contributed by atoms with van der Waals surface area (Å²) < 4.78 is 31.6. The smallest absolute Gasteiger partial charge is 1.00 e. The third kappa shape index (κ3) is 213. The van der Waals surface area contributed by atoms with Crippen LogP contribution in [0.3, 0.4) is 0 Å². The average Bonchev–Trinajstić information content (AvgIpc) is 0.722. The monoisotopic (exact) mass is 175 g/mol. The first-order valence-corrected chi connectivity index (χ1v) is 2.10. The first kappa shape index (κ1) is 22.9. The van der Waals surface area contributed by atoms with Crippen LogP contribution in [0.2, 0.25) is 0 Å². The van der Waals surface area contributed by atoms with Crippen LogP contribution in [0, 0.1) is 0 Å². The fourth-order valence-electron chi connectivity index (χ4n) is 0. The van der Waals surface area contributed by atoms with E-state index in [9.17, 15) is 0 Å². The van der Waals surface area contributed by atoms with Gasteiger partial charge in [0.05, 0.1) is 0 Å². The molecule has 0 fully saturated rings. The molecule has 0 aromatic heterocycles. The number of hydrogen-bond donors (Lipinski definition) is 3. The van der Waals surface area contributed by atoms with Crippen LogP contribution in [0.1, 0.15) is 1.43 Å². The Morgan fingerprint density at radius 1 is 1.25 bits per heavy atom. The Morgan fingerprint density at radius 3 is 1.25 bits per heavy atom. The molecule has 0 atom stereocenters. The molecule has 5 N–H and O–H groups in total. The van der Waals surface area contributed by atoms with Gasteiger partial charge in [0.15, 0.2) is 0 Å². The van der Waals surface area contributed by atoms with Gasteiger partial charge in [0, 0.05) is 0 Å². The van der Waals surface area contributed by atoms with Crippen LogP contribution in [0.15, 0.2) is 0 Å². The van der Waals surface area contributed by atoms with Gasteiger partial charge in [0.1, 0.15) is 0 Å². The van der Waals surface area contributed by atoms with Crippen molar-refractivity contribution in [3.05, 3.63) is 0 Å². The Bertz CT molecular complexity index is 104. The number of hydrogen-bond acceptors (Lipinski definition) is 3. The van der Waals surface area contributed by atoms with Crippen molar-refractivity contribution in [1.29, 1.82) is 0 Å². The molecule has 0 saturated heterocycles. The maximum absolute atomic E-state index is 8.74. The van der Waals surface area contributed by atoms with Crippen LogP contribution in [-0.2, 0) is 10.4 Å². The first-order valence-electron chi connectivity index (χ1n) is 0.698. The van der Waals surface area contributed by atoms with E-state index in [0.29, 0.717) is 0 Å². The van der Waals surface area contributed by atoms with Crippen LogP contribution in [0.5, 0.6) is 0 Å². The molecule has 50 valence electrons. The van der Waals surface area contributed by atoms with Crippen molar-refractivity contribution in [2.75, 3.05) is 0 Å². The minimum atomic E-state index is -4.67. The SMILES string of the molecule is Cl.N.O=S(=O)(O)O.[H-].[Na+]. The van der Waals surface area contributed by atoms with E-state index in [-0.39, 0.29) is 49.5 Å². The molecule has 8 heavy (non-hydrogen) atoms. The Labute approximate surface area is 77.2 Å². The van der Waals surface area contributed by atoms with Gasteiger partial charge in [-0.05, 0) is 0 Å². The molecule has 8 heteroatoms. The average molecular weight is 176 g/mol. The molecular weight excluding hydrogens is 169 g/mol. The maximum atomic E-state index is 8.74. The normalized spacial score (nSPS) is 7.25. The fourth-order valence-corrected chi connectivity index (χ4v) is 0. The first-order chi connectivity index (χ1) is 2.00. The van der Waals surface area contributed by atoms with Crippen molar-refractivity contribution in [3.8, 4) is 0 Å². The van der Waals surface area contributed by atoms with Crippen molar-refractivity contribution < 1.29 is 48.5 Å². The van der Waals surface area contributed by atoms with Gasteiger partial charge in [-0.3, -0.25) is 9.11 Å². The topological polar surface area (TPSA) is 110 Å². The second kappa shape index (κ2) is 8.12. The minimum Gasteiger partial charge on any atom is -1.00 e. The van der Waals surface area contributed by atoms with Crippen molar-refractivity contribution >= 4 is 22.8 Å². The Balaban J connectivity index is -0.0000000133. The molecule has 0 aliphatic carbocycles. The molecular formula is H7ClNNaO4S. The second-order valence-electron chi connectivity index (χ2n) is 0.448. The van der Waals surface area contributed by atoms with E-state index in [2.05, 4.69) is 0 Å². The maximum Gasteiger partial charge on any atom is 1.00 e. The molecule has 5 nitrogen and oxygen atoms in total. The van der Waals surface area contributed by atoms with Gasteiger partial charge in [-0.15, -0.1) is 12.4 Å². The predicted octanol–water partition coefficient (Wildman–Crippen LogP) is -2.95. The minimum absolute atomic E-state index is 0. The predicted molar refractivity (Wildman–Crippen MR) is 27.6 cm³/mol. The zero-order valence-electron chi connectivity index (χ0n) is 5.23. The Hall–Kier alpha value is 1.12. The van der Waals surface area contributed by atoms with Gasteiger partial charge < -0.3 is 7.58 Å². The van der Waals surface area contributed by atoms with Crippen LogP contribution >= 0.6 is 12.4 Å². The van der Waals surface area contributed by atoms with Gasteiger partial charge in [-0.25, -0.2) is 0 Å². The zero-order chi connectivity index (χ0) is 4.50. The van der Waals surface area contributed by atoms with E-state index in [4.69, 9.17) is 17.5 Å². The number of rotatable bonds is 0. The third-order valence-electron chi connectivity index (χ3n) is 0. The molecule has 0 spiro atoms. The van der Waals surface area contributed by atoms with Crippen molar-refractivity contribution in [2.45, 2.75) is 0 Å². The van der Waals surface area contributed by atoms with Crippen molar-refractivity contribution in [2.24, 2.45) is 0 Å². The zero-order valence-corrected chi connectivity index (χ0v) is 7.87. The molecule has 0 unspecified atom stereocenters. The van der Waals surface area contributed by atoms with Crippen LogP contribution < -0.4 is 35.7 Å². The van der Waals surface area contributed by atoms with E-state index in [1.165, 1.54) is 0 Å². The number of halogens is 1. The molecule has 0 heterocycles. The van der Waals surface area contributed by atoms with E-state index < -0.39 is 10.4 Å². The summed E-state index contributed by atoms with van der Waals surface area (Å²) in [6.45, 7) is 0. The summed E-state index contributed by atoms with van der Waals surface area (Å²) in [4.78, 5) is 0. The van der Waals surface area contributed by atoms with Gasteiger partial charge in [-0.2, -0.15) is 8.42 Å². The van der Waals surface area contributed by atoms with Crippen LogP contribution in [0.25, 0.3) is 0 Å². The van der Waals surface area contributed by atoms with Gasteiger partial charge in [-0.1, -0.05) is 0 Å². The van der Waals surface area contributed by atoms with E-state index in [1.54, 1.807) is 0 Å². The van der Waals surface area contributed by atoms with E-state index >= 15 is 0 Å². The standard InChI is InChI=1S/ClH.H3N.Na.H2O4S.H/c;;;1-5(2,3)4;/h1H;1H3;;(H2,1,2,3,4);/q;;+1;;-1. The Morgan fingerprint density at radius 2 is 1.25 bits per heavy atom. The summed E-state index contributed by atoms with van der Waals surface area (Å²) >= 11 is 0.